The smallest absolute Gasteiger partial charge is 0.264 e. The lowest BCUT2D eigenvalue weighted by molar-refractivity contribution is 0.589. The Hall–Kier alpha value is -1.53. The molecule has 2 N–H and O–H groups in total. The third kappa shape index (κ3) is 2.29. The monoisotopic (exact) mass is 308 g/mol. The van der Waals surface area contributed by atoms with Gasteiger partial charge in [-0.05, 0) is 48.9 Å². The van der Waals surface area contributed by atoms with Crippen LogP contribution >= 0.6 is 11.3 Å². The number of benzene rings is 1. The maximum atomic E-state index is 12.8. The molecule has 4 nitrogen and oxygen atoms in total. The first-order valence-electron chi connectivity index (χ1n) is 6.54. The lowest BCUT2D eigenvalue weighted by atomic mass is 10.2. The molecule has 6 heteroatoms. The van der Waals surface area contributed by atoms with Crippen LogP contribution in [0.1, 0.15) is 17.7 Å². The third-order valence-electron chi connectivity index (χ3n) is 3.45. The van der Waals surface area contributed by atoms with Gasteiger partial charge in [0.05, 0.1) is 10.6 Å². The van der Waals surface area contributed by atoms with E-state index in [1.807, 2.05) is 11.4 Å². The Labute approximate surface area is 122 Å². The van der Waals surface area contributed by atoms with Gasteiger partial charge in [-0.15, -0.1) is 11.3 Å². The van der Waals surface area contributed by atoms with Crippen molar-refractivity contribution >= 4 is 32.7 Å². The Balaban J connectivity index is 2.08. The normalized spacial score (nSPS) is 15.7. The average molecular weight is 308 g/mol. The first-order valence-corrected chi connectivity index (χ1v) is 8.86. The Morgan fingerprint density at radius 2 is 2.05 bits per heavy atom. The third-order valence-corrected chi connectivity index (χ3v) is 6.23. The van der Waals surface area contributed by atoms with Gasteiger partial charge in [-0.25, -0.2) is 8.42 Å². The highest BCUT2D eigenvalue weighted by Gasteiger charge is 2.28. The molecule has 0 amide bonds. The Bertz CT molecular complexity index is 722. The summed E-state index contributed by atoms with van der Waals surface area (Å²) in [5.74, 6) is 0. The molecule has 1 aromatic heterocycles. The number of fused-ring (bicyclic) bond motifs is 1. The van der Waals surface area contributed by atoms with E-state index < -0.39 is 10.0 Å². The number of thiophene rings is 1. The molecule has 0 fully saturated rings. The average Bonchev–Trinajstić information content (AvgIpc) is 2.77. The van der Waals surface area contributed by atoms with E-state index in [-0.39, 0.29) is 4.90 Å². The van der Waals surface area contributed by atoms with Gasteiger partial charge in [0, 0.05) is 17.1 Å². The summed E-state index contributed by atoms with van der Waals surface area (Å²) in [6.45, 7) is 0.529. The zero-order valence-corrected chi connectivity index (χ0v) is 12.6. The van der Waals surface area contributed by atoms with Crippen molar-refractivity contribution < 1.29 is 8.42 Å². The zero-order chi connectivity index (χ0) is 14.2. The molecule has 3 rings (SSSR count). The summed E-state index contributed by atoms with van der Waals surface area (Å²) >= 11 is 1.63. The van der Waals surface area contributed by atoms with E-state index in [9.17, 15) is 8.42 Å². The minimum Gasteiger partial charge on any atom is -0.399 e. The maximum Gasteiger partial charge on any atom is 0.264 e. The molecule has 0 saturated carbocycles. The van der Waals surface area contributed by atoms with Gasteiger partial charge in [-0.1, -0.05) is 6.07 Å². The molecule has 2 heterocycles. The van der Waals surface area contributed by atoms with E-state index in [1.54, 1.807) is 29.5 Å². The van der Waals surface area contributed by atoms with E-state index in [4.69, 9.17) is 5.73 Å². The molecule has 1 aromatic carbocycles. The highest BCUT2D eigenvalue weighted by atomic mass is 32.2. The van der Waals surface area contributed by atoms with Gasteiger partial charge in [-0.2, -0.15) is 0 Å². The van der Waals surface area contributed by atoms with Gasteiger partial charge in [0.2, 0.25) is 0 Å². The molecule has 0 radical (unpaired) electrons. The molecule has 0 saturated heterocycles. The first kappa shape index (κ1) is 13.5. The topological polar surface area (TPSA) is 63.4 Å². The summed E-state index contributed by atoms with van der Waals surface area (Å²) in [4.78, 5) is 1.41. The number of nitrogens with two attached hydrogens (primary N) is 1. The highest BCUT2D eigenvalue weighted by Crippen LogP contribution is 2.34. The molecule has 0 spiro atoms. The fourth-order valence-electron chi connectivity index (χ4n) is 2.46. The Morgan fingerprint density at radius 3 is 2.85 bits per heavy atom. The van der Waals surface area contributed by atoms with Crippen LogP contribution in [0.4, 0.5) is 11.4 Å². The summed E-state index contributed by atoms with van der Waals surface area (Å²) in [5, 5.41) is 1.96. The second kappa shape index (κ2) is 5.10. The summed E-state index contributed by atoms with van der Waals surface area (Å²) in [5.41, 5.74) is 7.00. The standard InChI is InChI=1S/C14H16N2O2S2/c15-11-4-3-5-12(10-11)20(17,18)16-8-2-1-6-14-13(16)7-9-19-14/h3-5,7,9-10H,1-2,6,8,15H2. The van der Waals surface area contributed by atoms with E-state index in [0.717, 1.165) is 29.8 Å². The molecule has 20 heavy (non-hydrogen) atoms. The number of sulfonamides is 1. The van der Waals surface area contributed by atoms with Gasteiger partial charge >= 0.3 is 0 Å². The number of aryl methyl sites for hydroxylation is 1. The van der Waals surface area contributed by atoms with Crippen LogP contribution < -0.4 is 10.0 Å². The molecular formula is C14H16N2O2S2. The molecule has 0 unspecified atom stereocenters. The molecule has 0 atom stereocenters. The first-order chi connectivity index (χ1) is 9.59. The van der Waals surface area contributed by atoms with Crippen molar-refractivity contribution in [3.63, 3.8) is 0 Å². The SMILES string of the molecule is Nc1cccc(S(=O)(=O)N2CCCCc3sccc32)c1. The van der Waals surface area contributed by atoms with E-state index in [2.05, 4.69) is 0 Å². The number of rotatable bonds is 2. The minimum atomic E-state index is -3.53. The van der Waals surface area contributed by atoms with Gasteiger partial charge in [0.15, 0.2) is 0 Å². The fourth-order valence-corrected chi connectivity index (χ4v) is 5.03. The number of hydrogen-bond acceptors (Lipinski definition) is 4. The maximum absolute atomic E-state index is 12.8. The Kier molecular flexibility index (Phi) is 3.43. The van der Waals surface area contributed by atoms with Crippen LogP contribution in [0.25, 0.3) is 0 Å². The van der Waals surface area contributed by atoms with E-state index in [0.29, 0.717) is 12.2 Å². The second-order valence-corrected chi connectivity index (χ2v) is 7.70. The predicted molar refractivity (Wildman–Crippen MR) is 82.6 cm³/mol. The molecule has 1 aliphatic rings. The van der Waals surface area contributed by atoms with Crippen molar-refractivity contribution in [2.75, 3.05) is 16.6 Å². The number of anilines is 2. The number of nitrogen functional groups attached to an aromatic ring is 1. The lowest BCUT2D eigenvalue weighted by Gasteiger charge is -2.23. The number of hydrogen-bond donors (Lipinski definition) is 1. The zero-order valence-electron chi connectivity index (χ0n) is 11.0. The van der Waals surface area contributed by atoms with E-state index in [1.165, 1.54) is 10.4 Å². The van der Waals surface area contributed by atoms with Crippen LogP contribution in [0.2, 0.25) is 0 Å². The molecule has 1 aliphatic heterocycles. The van der Waals surface area contributed by atoms with Gasteiger partial charge in [0.1, 0.15) is 0 Å². The van der Waals surface area contributed by atoms with Crippen LogP contribution in [-0.2, 0) is 16.4 Å². The summed E-state index contributed by atoms with van der Waals surface area (Å²) in [7, 11) is -3.53. The summed E-state index contributed by atoms with van der Waals surface area (Å²) in [6.07, 6.45) is 2.86. The van der Waals surface area contributed by atoms with Crippen molar-refractivity contribution in [2.24, 2.45) is 0 Å². The van der Waals surface area contributed by atoms with Crippen LogP contribution in [-0.4, -0.2) is 15.0 Å². The van der Waals surface area contributed by atoms with Crippen LogP contribution in [0.15, 0.2) is 40.6 Å². The van der Waals surface area contributed by atoms with Gasteiger partial charge in [0.25, 0.3) is 10.0 Å². The van der Waals surface area contributed by atoms with Crippen LogP contribution in [0.3, 0.4) is 0 Å². The van der Waals surface area contributed by atoms with Gasteiger partial charge < -0.3 is 5.73 Å². The second-order valence-electron chi connectivity index (χ2n) is 4.84. The van der Waals surface area contributed by atoms with Crippen molar-refractivity contribution in [2.45, 2.75) is 24.2 Å². The summed E-state index contributed by atoms with van der Waals surface area (Å²) in [6, 6.07) is 8.39. The predicted octanol–water partition coefficient (Wildman–Crippen LogP) is 2.86. The van der Waals surface area contributed by atoms with Crippen molar-refractivity contribution in [3.8, 4) is 0 Å². The minimum absolute atomic E-state index is 0.261. The lowest BCUT2D eigenvalue weighted by Crippen LogP contribution is -2.31. The van der Waals surface area contributed by atoms with Crippen molar-refractivity contribution in [1.29, 1.82) is 0 Å². The van der Waals surface area contributed by atoms with Crippen LogP contribution in [0.5, 0.6) is 0 Å². The van der Waals surface area contributed by atoms with E-state index >= 15 is 0 Å². The Morgan fingerprint density at radius 1 is 1.20 bits per heavy atom. The van der Waals surface area contributed by atoms with Gasteiger partial charge in [-0.3, -0.25) is 4.31 Å². The van der Waals surface area contributed by atoms with Crippen molar-refractivity contribution in [1.82, 2.24) is 0 Å². The van der Waals surface area contributed by atoms with Crippen molar-refractivity contribution in [3.05, 3.63) is 40.6 Å². The molecule has 106 valence electrons. The molecule has 0 aliphatic carbocycles. The largest absolute Gasteiger partial charge is 0.399 e. The molecule has 2 aromatic rings. The number of nitrogens with zero attached hydrogens (tertiary/aromatic N) is 1. The quantitative estimate of drug-likeness (QED) is 0.868. The van der Waals surface area contributed by atoms with Crippen LogP contribution in [0, 0.1) is 0 Å². The molecular weight excluding hydrogens is 292 g/mol. The fraction of sp³-hybridized carbons (Fsp3) is 0.286. The highest BCUT2D eigenvalue weighted by molar-refractivity contribution is 7.92. The summed E-state index contributed by atoms with van der Waals surface area (Å²) < 4.78 is 27.2. The molecule has 0 bridgehead atoms.